The topological polar surface area (TPSA) is 92.8 Å². The van der Waals surface area contributed by atoms with Crippen LogP contribution in [-0.4, -0.2) is 40.2 Å². The Morgan fingerprint density at radius 2 is 1.74 bits per heavy atom. The third kappa shape index (κ3) is 5.52. The van der Waals surface area contributed by atoms with Gasteiger partial charge < -0.3 is 10.1 Å². The first-order chi connectivity index (χ1) is 12.7. The second-order valence-electron chi connectivity index (χ2n) is 5.65. The van der Waals surface area contributed by atoms with Crippen LogP contribution in [0.1, 0.15) is 16.8 Å². The van der Waals surface area contributed by atoms with Crippen LogP contribution in [0.3, 0.4) is 0 Å². The molecule has 9 heteroatoms. The predicted molar refractivity (Wildman–Crippen MR) is 99.6 cm³/mol. The normalized spacial score (nSPS) is 10.9. The molecule has 0 spiro atoms. The van der Waals surface area contributed by atoms with Crippen LogP contribution < -0.4 is 9.62 Å². The van der Waals surface area contributed by atoms with Crippen LogP contribution in [-0.2, 0) is 19.6 Å². The van der Waals surface area contributed by atoms with Crippen molar-refractivity contribution in [2.24, 2.45) is 0 Å². The number of benzene rings is 2. The van der Waals surface area contributed by atoms with E-state index in [0.717, 1.165) is 10.6 Å². The first-order valence-corrected chi connectivity index (χ1v) is 9.77. The Morgan fingerprint density at radius 1 is 1.11 bits per heavy atom. The molecule has 0 aliphatic rings. The van der Waals surface area contributed by atoms with Gasteiger partial charge >= 0.3 is 5.97 Å². The lowest BCUT2D eigenvalue weighted by Crippen LogP contribution is -2.34. The van der Waals surface area contributed by atoms with Crippen molar-refractivity contribution in [3.63, 3.8) is 0 Å². The number of sulfonamides is 1. The third-order valence-corrected chi connectivity index (χ3v) is 4.83. The monoisotopic (exact) mass is 394 g/mol. The van der Waals surface area contributed by atoms with Gasteiger partial charge in [0, 0.05) is 18.7 Å². The summed E-state index contributed by atoms with van der Waals surface area (Å²) in [5, 5.41) is 2.56. The molecule has 0 fully saturated rings. The van der Waals surface area contributed by atoms with Crippen molar-refractivity contribution in [3.05, 3.63) is 59.9 Å². The SMILES string of the molecule is COC(=O)c1ccccc1N(CCC(=O)Nc1ccc(F)cc1)S(C)(=O)=O. The number of anilines is 2. The highest BCUT2D eigenvalue weighted by atomic mass is 32.2. The van der Waals surface area contributed by atoms with E-state index in [0.29, 0.717) is 5.69 Å². The van der Waals surface area contributed by atoms with Crippen LogP contribution in [0.4, 0.5) is 15.8 Å². The average Bonchev–Trinajstić information content (AvgIpc) is 2.62. The molecule has 27 heavy (non-hydrogen) atoms. The van der Waals surface area contributed by atoms with E-state index in [2.05, 4.69) is 10.1 Å². The molecule has 2 aromatic rings. The summed E-state index contributed by atoms with van der Waals surface area (Å²) in [6, 6.07) is 11.3. The molecule has 0 bridgehead atoms. The number of nitrogens with zero attached hydrogens (tertiary/aromatic N) is 1. The molecular formula is C18H19FN2O5S. The van der Waals surface area contributed by atoms with Crippen molar-refractivity contribution >= 4 is 33.3 Å². The molecule has 7 nitrogen and oxygen atoms in total. The molecule has 2 aromatic carbocycles. The van der Waals surface area contributed by atoms with E-state index in [1.807, 2.05) is 0 Å². The van der Waals surface area contributed by atoms with Crippen LogP contribution in [0.25, 0.3) is 0 Å². The first-order valence-electron chi connectivity index (χ1n) is 7.93. The number of amides is 1. The summed E-state index contributed by atoms with van der Waals surface area (Å²) in [7, 11) is -2.57. The van der Waals surface area contributed by atoms with Crippen LogP contribution >= 0.6 is 0 Å². The van der Waals surface area contributed by atoms with Crippen LogP contribution in [0, 0.1) is 5.82 Å². The Kier molecular flexibility index (Phi) is 6.51. The zero-order valence-electron chi connectivity index (χ0n) is 14.8. The van der Waals surface area contributed by atoms with E-state index in [9.17, 15) is 22.4 Å². The van der Waals surface area contributed by atoms with Gasteiger partial charge in [0.25, 0.3) is 0 Å². The van der Waals surface area contributed by atoms with E-state index in [4.69, 9.17) is 0 Å². The Morgan fingerprint density at radius 3 is 2.33 bits per heavy atom. The van der Waals surface area contributed by atoms with E-state index < -0.39 is 27.7 Å². The van der Waals surface area contributed by atoms with Crippen molar-refractivity contribution in [1.29, 1.82) is 0 Å². The highest BCUT2D eigenvalue weighted by Gasteiger charge is 2.24. The molecule has 1 amide bonds. The molecule has 2 rings (SSSR count). The van der Waals surface area contributed by atoms with Crippen LogP contribution in [0.2, 0.25) is 0 Å². The number of hydrogen-bond acceptors (Lipinski definition) is 5. The minimum Gasteiger partial charge on any atom is -0.465 e. The second-order valence-corrected chi connectivity index (χ2v) is 7.56. The summed E-state index contributed by atoms with van der Waals surface area (Å²) in [5.74, 6) is -1.57. The zero-order chi connectivity index (χ0) is 20.0. The quantitative estimate of drug-likeness (QED) is 0.728. The van der Waals surface area contributed by atoms with Crippen molar-refractivity contribution < 1.29 is 27.1 Å². The highest BCUT2D eigenvalue weighted by molar-refractivity contribution is 7.92. The number of nitrogens with one attached hydrogen (secondary N) is 1. The Labute approximate surface area is 156 Å². The molecule has 0 radical (unpaired) electrons. The molecule has 0 saturated carbocycles. The molecule has 0 aliphatic carbocycles. The summed E-state index contributed by atoms with van der Waals surface area (Å²) in [4.78, 5) is 24.0. The average molecular weight is 394 g/mol. The summed E-state index contributed by atoms with van der Waals surface area (Å²) in [6.45, 7) is -0.181. The predicted octanol–water partition coefficient (Wildman–Crippen LogP) is 2.41. The molecule has 144 valence electrons. The molecule has 0 heterocycles. The van der Waals surface area contributed by atoms with E-state index >= 15 is 0 Å². The van der Waals surface area contributed by atoms with Crippen molar-refractivity contribution in [3.8, 4) is 0 Å². The lowest BCUT2D eigenvalue weighted by Gasteiger charge is -2.24. The number of para-hydroxylation sites is 1. The van der Waals surface area contributed by atoms with Gasteiger partial charge in [-0.1, -0.05) is 12.1 Å². The summed E-state index contributed by atoms with van der Waals surface area (Å²) in [6.07, 6.45) is 0.818. The standard InChI is InChI=1S/C18H19FN2O5S/c1-26-18(23)15-5-3-4-6-16(15)21(27(2,24)25)12-11-17(22)20-14-9-7-13(19)8-10-14/h3-10H,11-12H2,1-2H3,(H,20,22). The maximum Gasteiger partial charge on any atom is 0.340 e. The fourth-order valence-corrected chi connectivity index (χ4v) is 3.34. The molecule has 0 unspecified atom stereocenters. The van der Waals surface area contributed by atoms with E-state index in [-0.39, 0.29) is 24.2 Å². The lowest BCUT2D eigenvalue weighted by molar-refractivity contribution is -0.116. The van der Waals surface area contributed by atoms with Gasteiger partial charge in [-0.25, -0.2) is 17.6 Å². The zero-order valence-corrected chi connectivity index (χ0v) is 15.6. The maximum absolute atomic E-state index is 12.9. The largest absolute Gasteiger partial charge is 0.465 e. The van der Waals surface area contributed by atoms with E-state index in [1.165, 1.54) is 43.5 Å². The number of ether oxygens (including phenoxy) is 1. The van der Waals surface area contributed by atoms with Crippen LogP contribution in [0.15, 0.2) is 48.5 Å². The molecule has 0 atom stereocenters. The van der Waals surface area contributed by atoms with Crippen molar-refractivity contribution in [2.45, 2.75) is 6.42 Å². The Hall–Kier alpha value is -2.94. The van der Waals surface area contributed by atoms with Gasteiger partial charge in [-0.3, -0.25) is 9.10 Å². The van der Waals surface area contributed by atoms with Gasteiger partial charge in [-0.2, -0.15) is 0 Å². The Balaban J connectivity index is 2.18. The summed E-state index contributed by atoms with van der Waals surface area (Å²) < 4.78 is 43.0. The fourth-order valence-electron chi connectivity index (χ4n) is 2.40. The van der Waals surface area contributed by atoms with Gasteiger partial charge in [0.1, 0.15) is 5.82 Å². The minimum absolute atomic E-state index is 0.0735. The molecule has 0 saturated heterocycles. The lowest BCUT2D eigenvalue weighted by atomic mass is 10.1. The molecule has 0 aliphatic heterocycles. The van der Waals surface area contributed by atoms with E-state index in [1.54, 1.807) is 12.1 Å². The Bertz CT molecular complexity index is 929. The fraction of sp³-hybridized carbons (Fsp3) is 0.222. The smallest absolute Gasteiger partial charge is 0.340 e. The summed E-state index contributed by atoms with van der Waals surface area (Å²) in [5.41, 5.74) is 0.591. The van der Waals surface area contributed by atoms with Crippen molar-refractivity contribution in [2.75, 3.05) is 29.5 Å². The number of halogens is 1. The number of methoxy groups -OCH3 is 1. The van der Waals surface area contributed by atoms with Crippen molar-refractivity contribution in [1.82, 2.24) is 0 Å². The highest BCUT2D eigenvalue weighted by Crippen LogP contribution is 2.24. The minimum atomic E-state index is -3.76. The number of carbonyl (C=O) groups excluding carboxylic acids is 2. The number of esters is 1. The second kappa shape index (κ2) is 8.63. The number of hydrogen-bond donors (Lipinski definition) is 1. The third-order valence-electron chi connectivity index (χ3n) is 3.65. The molecular weight excluding hydrogens is 375 g/mol. The van der Waals surface area contributed by atoms with Gasteiger partial charge in [-0.05, 0) is 36.4 Å². The van der Waals surface area contributed by atoms with Gasteiger partial charge in [0.2, 0.25) is 15.9 Å². The number of rotatable bonds is 7. The summed E-state index contributed by atoms with van der Waals surface area (Å²) >= 11 is 0. The molecule has 1 N–H and O–H groups in total. The maximum atomic E-state index is 12.9. The van der Waals surface area contributed by atoms with Gasteiger partial charge in [0.15, 0.2) is 0 Å². The first kappa shape index (κ1) is 20.4. The van der Waals surface area contributed by atoms with Gasteiger partial charge in [-0.15, -0.1) is 0 Å². The van der Waals surface area contributed by atoms with Gasteiger partial charge in [0.05, 0.1) is 24.6 Å². The molecule has 0 aromatic heterocycles. The number of carbonyl (C=O) groups is 2. The van der Waals surface area contributed by atoms with Crippen LogP contribution in [0.5, 0.6) is 0 Å².